The summed E-state index contributed by atoms with van der Waals surface area (Å²) in [6, 6.07) is 2.31. The number of unbranched alkanes of at least 4 members (excludes halogenated alkanes) is 2. The zero-order valence-electron chi connectivity index (χ0n) is 9.32. The molecule has 0 amide bonds. The van der Waals surface area contributed by atoms with Gasteiger partial charge in [-0.15, -0.1) is 0 Å². The third kappa shape index (κ3) is 3.62. The van der Waals surface area contributed by atoms with Gasteiger partial charge in [0, 0.05) is 6.07 Å². The molecule has 0 atom stereocenters. The number of benzene rings is 1. The summed E-state index contributed by atoms with van der Waals surface area (Å²) in [5.74, 6) is -1.85. The average molecular weight is 242 g/mol. The van der Waals surface area contributed by atoms with Crippen LogP contribution in [0.2, 0.25) is 0 Å². The molecule has 0 radical (unpaired) electrons. The largest absolute Gasteiger partial charge is 0.508 e. The van der Waals surface area contributed by atoms with Crippen LogP contribution < -0.4 is 0 Å². The van der Waals surface area contributed by atoms with Gasteiger partial charge in [0.2, 0.25) is 0 Å². The van der Waals surface area contributed by atoms with Crippen LogP contribution in [0.25, 0.3) is 0 Å². The van der Waals surface area contributed by atoms with Crippen molar-refractivity contribution in [2.45, 2.75) is 25.7 Å². The van der Waals surface area contributed by atoms with Crippen LogP contribution in [0, 0.1) is 0 Å². The van der Waals surface area contributed by atoms with E-state index in [9.17, 15) is 19.4 Å². The Bertz CT molecular complexity index is 404. The summed E-state index contributed by atoms with van der Waals surface area (Å²) in [7, 11) is 0. The van der Waals surface area contributed by atoms with Crippen molar-refractivity contribution in [3.05, 3.63) is 23.3 Å². The molecular weight excluding hydrogens is 227 g/mol. The summed E-state index contributed by atoms with van der Waals surface area (Å²) in [6.07, 6.45) is 2.09. The van der Waals surface area contributed by atoms with Crippen molar-refractivity contribution in [2.75, 3.05) is 6.67 Å². The molecule has 0 heterocycles. The highest BCUT2D eigenvalue weighted by Gasteiger charge is 2.16. The third-order valence-corrected chi connectivity index (χ3v) is 2.48. The van der Waals surface area contributed by atoms with Crippen LogP contribution in [-0.4, -0.2) is 28.0 Å². The summed E-state index contributed by atoms with van der Waals surface area (Å²) in [4.78, 5) is 10.9. The molecule has 1 aromatic rings. The number of aryl methyl sites for hydroxylation is 1. The Hall–Kier alpha value is -1.78. The lowest BCUT2D eigenvalue weighted by molar-refractivity contribution is 0.0692. The molecule has 3 N–H and O–H groups in total. The highest BCUT2D eigenvalue weighted by atomic mass is 19.1. The van der Waals surface area contributed by atoms with E-state index in [0.717, 1.165) is 6.07 Å². The lowest BCUT2D eigenvalue weighted by Crippen LogP contribution is -2.03. The van der Waals surface area contributed by atoms with Gasteiger partial charge >= 0.3 is 5.97 Å². The molecule has 0 bridgehead atoms. The molecule has 0 saturated carbocycles. The summed E-state index contributed by atoms with van der Waals surface area (Å²) >= 11 is 0. The Kier molecular flexibility index (Phi) is 4.75. The Balaban J connectivity index is 2.85. The Labute approximate surface area is 98.3 Å². The maximum absolute atomic E-state index is 11.9. The second kappa shape index (κ2) is 6.08. The van der Waals surface area contributed by atoms with E-state index < -0.39 is 18.4 Å². The van der Waals surface area contributed by atoms with E-state index in [0.29, 0.717) is 31.2 Å². The minimum absolute atomic E-state index is 0.173. The van der Waals surface area contributed by atoms with E-state index in [1.807, 2.05) is 0 Å². The van der Waals surface area contributed by atoms with E-state index in [1.165, 1.54) is 6.07 Å². The molecular formula is C12H15FO4. The van der Waals surface area contributed by atoms with Crippen molar-refractivity contribution in [1.29, 1.82) is 0 Å². The predicted octanol–water partition coefficient (Wildman–Crippen LogP) is 2.48. The number of phenols is 2. The van der Waals surface area contributed by atoms with E-state index in [-0.39, 0.29) is 11.3 Å². The first-order valence-electron chi connectivity index (χ1n) is 5.40. The first-order valence-corrected chi connectivity index (χ1v) is 5.40. The van der Waals surface area contributed by atoms with E-state index in [2.05, 4.69) is 0 Å². The molecule has 94 valence electrons. The molecule has 0 fully saturated rings. The Morgan fingerprint density at radius 1 is 1.18 bits per heavy atom. The van der Waals surface area contributed by atoms with Crippen molar-refractivity contribution in [3.63, 3.8) is 0 Å². The number of carbonyl (C=O) groups is 1. The molecule has 0 aliphatic heterocycles. The first-order chi connectivity index (χ1) is 8.06. The van der Waals surface area contributed by atoms with Crippen LogP contribution in [0.3, 0.4) is 0 Å². The van der Waals surface area contributed by atoms with Gasteiger partial charge in [0.05, 0.1) is 6.67 Å². The normalized spacial score (nSPS) is 10.4. The summed E-state index contributed by atoms with van der Waals surface area (Å²) in [5, 5.41) is 27.7. The molecule has 0 spiro atoms. The van der Waals surface area contributed by atoms with Gasteiger partial charge in [-0.25, -0.2) is 4.79 Å². The van der Waals surface area contributed by atoms with Crippen molar-refractivity contribution in [2.24, 2.45) is 0 Å². The number of aromatic carboxylic acids is 1. The molecule has 0 aliphatic rings. The van der Waals surface area contributed by atoms with Crippen LogP contribution in [0.1, 0.15) is 35.2 Å². The number of halogens is 1. The number of aromatic hydroxyl groups is 2. The van der Waals surface area contributed by atoms with Gasteiger partial charge in [-0.2, -0.15) is 0 Å². The standard InChI is InChI=1S/C12H15FO4/c13-5-3-1-2-4-8-6-9(14)7-10(15)11(8)12(16)17/h6-7,14-15H,1-5H2,(H,16,17). The van der Waals surface area contributed by atoms with Crippen LogP contribution >= 0.6 is 0 Å². The van der Waals surface area contributed by atoms with E-state index in [1.54, 1.807) is 0 Å². The molecule has 0 aliphatic carbocycles. The molecule has 5 heteroatoms. The maximum atomic E-state index is 11.9. The lowest BCUT2D eigenvalue weighted by Gasteiger charge is -2.08. The second-order valence-electron chi connectivity index (χ2n) is 3.80. The minimum atomic E-state index is -1.23. The van der Waals surface area contributed by atoms with Crippen LogP contribution in [0.5, 0.6) is 11.5 Å². The summed E-state index contributed by atoms with van der Waals surface area (Å²) in [6.45, 7) is -0.392. The molecule has 1 aromatic carbocycles. The van der Waals surface area contributed by atoms with Crippen LogP contribution in [0.15, 0.2) is 12.1 Å². The Morgan fingerprint density at radius 3 is 2.47 bits per heavy atom. The number of hydrogen-bond donors (Lipinski definition) is 3. The quantitative estimate of drug-likeness (QED) is 0.670. The maximum Gasteiger partial charge on any atom is 0.339 e. The second-order valence-corrected chi connectivity index (χ2v) is 3.80. The molecule has 0 aromatic heterocycles. The molecule has 0 unspecified atom stereocenters. The van der Waals surface area contributed by atoms with Gasteiger partial charge in [0.25, 0.3) is 0 Å². The van der Waals surface area contributed by atoms with Crippen molar-refractivity contribution in [1.82, 2.24) is 0 Å². The summed E-state index contributed by atoms with van der Waals surface area (Å²) in [5.41, 5.74) is 0.178. The van der Waals surface area contributed by atoms with Gasteiger partial charge in [-0.05, 0) is 30.9 Å². The van der Waals surface area contributed by atoms with Crippen molar-refractivity contribution < 1.29 is 24.5 Å². The SMILES string of the molecule is O=C(O)c1c(O)cc(O)cc1CCCCCF. The third-order valence-electron chi connectivity index (χ3n) is 2.48. The monoisotopic (exact) mass is 242 g/mol. The molecule has 0 saturated heterocycles. The number of carboxylic acids is 1. The predicted molar refractivity (Wildman–Crippen MR) is 60.3 cm³/mol. The molecule has 1 rings (SSSR count). The highest BCUT2D eigenvalue weighted by Crippen LogP contribution is 2.28. The smallest absolute Gasteiger partial charge is 0.339 e. The zero-order chi connectivity index (χ0) is 12.8. The zero-order valence-corrected chi connectivity index (χ0v) is 9.32. The first kappa shape index (κ1) is 13.3. The van der Waals surface area contributed by atoms with Gasteiger partial charge in [-0.1, -0.05) is 6.42 Å². The fourth-order valence-electron chi connectivity index (χ4n) is 1.70. The van der Waals surface area contributed by atoms with Gasteiger partial charge in [0.15, 0.2) is 0 Å². The van der Waals surface area contributed by atoms with E-state index in [4.69, 9.17) is 5.11 Å². The number of carboxylic acid groups (broad SMARTS) is 1. The van der Waals surface area contributed by atoms with Gasteiger partial charge in [-0.3, -0.25) is 4.39 Å². The van der Waals surface area contributed by atoms with Crippen molar-refractivity contribution >= 4 is 5.97 Å². The van der Waals surface area contributed by atoms with Crippen molar-refractivity contribution in [3.8, 4) is 11.5 Å². The molecule has 17 heavy (non-hydrogen) atoms. The average Bonchev–Trinajstić information content (AvgIpc) is 2.22. The fourth-order valence-corrected chi connectivity index (χ4v) is 1.70. The molecule has 4 nitrogen and oxygen atoms in total. The van der Waals surface area contributed by atoms with Gasteiger partial charge < -0.3 is 15.3 Å². The number of rotatable bonds is 6. The van der Waals surface area contributed by atoms with E-state index >= 15 is 0 Å². The summed E-state index contributed by atoms with van der Waals surface area (Å²) < 4.78 is 11.9. The Morgan fingerprint density at radius 2 is 1.88 bits per heavy atom. The van der Waals surface area contributed by atoms with Gasteiger partial charge in [0.1, 0.15) is 17.1 Å². The fraction of sp³-hybridized carbons (Fsp3) is 0.417. The number of phenolic OH excluding ortho intramolecular Hbond substituents is 1. The van der Waals surface area contributed by atoms with Crippen LogP contribution in [-0.2, 0) is 6.42 Å². The van der Waals surface area contributed by atoms with Crippen LogP contribution in [0.4, 0.5) is 4.39 Å². The topological polar surface area (TPSA) is 77.8 Å². The number of hydrogen-bond acceptors (Lipinski definition) is 3. The number of alkyl halides is 1. The highest BCUT2D eigenvalue weighted by molar-refractivity contribution is 5.92. The lowest BCUT2D eigenvalue weighted by atomic mass is 10.00. The minimum Gasteiger partial charge on any atom is -0.508 e.